The summed E-state index contributed by atoms with van der Waals surface area (Å²) in [5.74, 6) is 1.47. The number of aromatic nitrogens is 3. The molecule has 1 unspecified atom stereocenters. The van der Waals surface area contributed by atoms with E-state index in [-0.39, 0.29) is 11.1 Å². The fourth-order valence-electron chi connectivity index (χ4n) is 2.35. The van der Waals surface area contributed by atoms with Crippen LogP contribution in [-0.2, 0) is 12.8 Å². The first-order valence-corrected chi connectivity index (χ1v) is 9.98. The van der Waals surface area contributed by atoms with Gasteiger partial charge >= 0.3 is 0 Å². The molecule has 8 heteroatoms. The molecule has 1 heterocycles. The third-order valence-electron chi connectivity index (χ3n) is 3.71. The van der Waals surface area contributed by atoms with Gasteiger partial charge in [0.05, 0.1) is 5.02 Å². The number of rotatable bonds is 6. The first-order chi connectivity index (χ1) is 12.4. The lowest BCUT2D eigenvalue weighted by Gasteiger charge is -2.15. The Kier molecular flexibility index (Phi) is 6.21. The van der Waals surface area contributed by atoms with Crippen molar-refractivity contribution < 1.29 is 9.13 Å². The van der Waals surface area contributed by atoms with Gasteiger partial charge in [-0.1, -0.05) is 51.4 Å². The van der Waals surface area contributed by atoms with E-state index in [1.807, 2.05) is 30.7 Å². The van der Waals surface area contributed by atoms with Gasteiger partial charge in [0, 0.05) is 17.3 Å². The summed E-state index contributed by atoms with van der Waals surface area (Å²) in [5, 5.41) is 9.49. The Morgan fingerprint density at radius 2 is 1.96 bits per heavy atom. The van der Waals surface area contributed by atoms with Gasteiger partial charge < -0.3 is 9.30 Å². The van der Waals surface area contributed by atoms with Crippen LogP contribution in [0.15, 0.2) is 52.1 Å². The van der Waals surface area contributed by atoms with Crippen LogP contribution in [0.1, 0.15) is 24.4 Å². The van der Waals surface area contributed by atoms with Crippen LogP contribution < -0.4 is 4.74 Å². The SMILES string of the molecule is CC(Oc1ccc(F)cc1Cl)c1nnc(SCc2ccc(Br)cc2)n1C. The highest BCUT2D eigenvalue weighted by atomic mass is 79.9. The number of hydrogen-bond donors (Lipinski definition) is 0. The minimum Gasteiger partial charge on any atom is -0.481 e. The Morgan fingerprint density at radius 3 is 2.65 bits per heavy atom. The molecule has 0 bridgehead atoms. The summed E-state index contributed by atoms with van der Waals surface area (Å²) in [6, 6.07) is 12.2. The van der Waals surface area contributed by atoms with Gasteiger partial charge in [-0.2, -0.15) is 0 Å². The number of benzene rings is 2. The summed E-state index contributed by atoms with van der Waals surface area (Å²) in [7, 11) is 1.89. The molecule has 3 rings (SSSR count). The van der Waals surface area contributed by atoms with E-state index in [9.17, 15) is 4.39 Å². The highest BCUT2D eigenvalue weighted by Gasteiger charge is 2.18. The fourth-order valence-corrected chi connectivity index (χ4v) is 3.70. The molecule has 0 aliphatic heterocycles. The van der Waals surface area contributed by atoms with Crippen molar-refractivity contribution in [2.24, 2.45) is 7.05 Å². The zero-order valence-electron chi connectivity index (χ0n) is 14.1. The van der Waals surface area contributed by atoms with Crippen LogP contribution in [0.25, 0.3) is 0 Å². The highest BCUT2D eigenvalue weighted by Crippen LogP contribution is 2.30. The quantitative estimate of drug-likeness (QED) is 0.439. The van der Waals surface area contributed by atoms with Gasteiger partial charge in [0.2, 0.25) is 0 Å². The van der Waals surface area contributed by atoms with Crippen LogP contribution in [0.3, 0.4) is 0 Å². The molecule has 2 aromatic carbocycles. The lowest BCUT2D eigenvalue weighted by atomic mass is 10.2. The van der Waals surface area contributed by atoms with E-state index < -0.39 is 5.82 Å². The van der Waals surface area contributed by atoms with Gasteiger partial charge in [0.15, 0.2) is 17.1 Å². The minimum atomic E-state index is -0.403. The van der Waals surface area contributed by atoms with E-state index in [0.29, 0.717) is 11.6 Å². The van der Waals surface area contributed by atoms with E-state index in [1.165, 1.54) is 23.8 Å². The van der Waals surface area contributed by atoms with Crippen LogP contribution >= 0.6 is 39.3 Å². The summed E-state index contributed by atoms with van der Waals surface area (Å²) in [5.41, 5.74) is 1.20. The molecule has 0 aliphatic rings. The molecular formula is C18H16BrClFN3OS. The molecule has 0 amide bonds. The maximum atomic E-state index is 13.2. The summed E-state index contributed by atoms with van der Waals surface area (Å²) >= 11 is 11.0. The number of halogens is 3. The van der Waals surface area contributed by atoms with Crippen molar-refractivity contribution in [1.82, 2.24) is 14.8 Å². The molecule has 1 atom stereocenters. The zero-order valence-corrected chi connectivity index (χ0v) is 17.3. The second-order valence-corrected chi connectivity index (χ2v) is 7.92. The van der Waals surface area contributed by atoms with Crippen LogP contribution in [-0.4, -0.2) is 14.8 Å². The molecule has 4 nitrogen and oxygen atoms in total. The highest BCUT2D eigenvalue weighted by molar-refractivity contribution is 9.10. The Morgan fingerprint density at radius 1 is 1.23 bits per heavy atom. The van der Waals surface area contributed by atoms with Crippen molar-refractivity contribution in [3.63, 3.8) is 0 Å². The van der Waals surface area contributed by atoms with Crippen LogP contribution in [0.2, 0.25) is 5.02 Å². The van der Waals surface area contributed by atoms with Gasteiger partial charge in [0.25, 0.3) is 0 Å². The van der Waals surface area contributed by atoms with E-state index in [1.54, 1.807) is 11.8 Å². The Labute approximate surface area is 168 Å². The molecule has 0 saturated carbocycles. The monoisotopic (exact) mass is 455 g/mol. The van der Waals surface area contributed by atoms with Crippen molar-refractivity contribution in [3.05, 3.63) is 69.2 Å². The lowest BCUT2D eigenvalue weighted by molar-refractivity contribution is 0.211. The topological polar surface area (TPSA) is 39.9 Å². The minimum absolute atomic E-state index is 0.226. The Bertz CT molecular complexity index is 904. The normalized spacial score (nSPS) is 12.2. The molecule has 0 spiro atoms. The van der Waals surface area contributed by atoms with Crippen LogP contribution in [0, 0.1) is 5.82 Å². The van der Waals surface area contributed by atoms with Gasteiger partial charge in [-0.25, -0.2) is 4.39 Å². The molecule has 3 aromatic rings. The van der Waals surface area contributed by atoms with E-state index >= 15 is 0 Å². The standard InChI is InChI=1S/C18H16BrClFN3OS/c1-11(25-16-8-7-14(21)9-15(16)20)17-22-23-18(24(17)2)26-10-12-3-5-13(19)6-4-12/h3-9,11H,10H2,1-2H3. The van der Waals surface area contributed by atoms with Gasteiger partial charge in [0.1, 0.15) is 11.6 Å². The predicted molar refractivity (Wildman–Crippen MR) is 105 cm³/mol. The molecule has 0 aliphatic carbocycles. The van der Waals surface area contributed by atoms with Crippen molar-refractivity contribution in [2.75, 3.05) is 0 Å². The molecule has 0 saturated heterocycles. The molecule has 136 valence electrons. The molecular weight excluding hydrogens is 441 g/mol. The first kappa shape index (κ1) is 19.2. The van der Waals surface area contributed by atoms with Crippen molar-refractivity contribution in [1.29, 1.82) is 0 Å². The summed E-state index contributed by atoms with van der Waals surface area (Å²) in [6.07, 6.45) is -0.377. The van der Waals surface area contributed by atoms with Crippen molar-refractivity contribution >= 4 is 39.3 Å². The first-order valence-electron chi connectivity index (χ1n) is 7.82. The average molecular weight is 457 g/mol. The number of thioether (sulfide) groups is 1. The van der Waals surface area contributed by atoms with Crippen molar-refractivity contribution in [2.45, 2.75) is 23.9 Å². The van der Waals surface area contributed by atoms with Gasteiger partial charge in [-0.15, -0.1) is 10.2 Å². The third-order valence-corrected chi connectivity index (χ3v) is 5.63. The number of ether oxygens (including phenoxy) is 1. The Balaban J connectivity index is 1.68. The number of nitrogens with zero attached hydrogens (tertiary/aromatic N) is 3. The molecule has 1 aromatic heterocycles. The largest absolute Gasteiger partial charge is 0.481 e. The molecule has 0 fully saturated rings. The molecule has 0 radical (unpaired) electrons. The fraction of sp³-hybridized carbons (Fsp3) is 0.222. The van der Waals surface area contributed by atoms with Crippen LogP contribution in [0.5, 0.6) is 5.75 Å². The Hall–Kier alpha value is -1.57. The van der Waals surface area contributed by atoms with E-state index in [4.69, 9.17) is 16.3 Å². The zero-order chi connectivity index (χ0) is 18.7. The van der Waals surface area contributed by atoms with E-state index in [2.05, 4.69) is 38.3 Å². The van der Waals surface area contributed by atoms with Crippen molar-refractivity contribution in [3.8, 4) is 5.75 Å². The third kappa shape index (κ3) is 4.58. The average Bonchev–Trinajstić information content (AvgIpc) is 2.98. The van der Waals surface area contributed by atoms with Gasteiger partial charge in [-0.3, -0.25) is 0 Å². The van der Waals surface area contributed by atoms with E-state index in [0.717, 1.165) is 15.4 Å². The maximum Gasteiger partial charge on any atom is 0.191 e. The summed E-state index contributed by atoms with van der Waals surface area (Å²) in [6.45, 7) is 1.85. The molecule has 26 heavy (non-hydrogen) atoms. The molecule has 0 N–H and O–H groups in total. The smallest absolute Gasteiger partial charge is 0.191 e. The van der Waals surface area contributed by atoms with Crippen LogP contribution in [0.4, 0.5) is 4.39 Å². The number of hydrogen-bond acceptors (Lipinski definition) is 4. The van der Waals surface area contributed by atoms with Gasteiger partial charge in [-0.05, 0) is 42.8 Å². The predicted octanol–water partition coefficient (Wildman–Crippen LogP) is 5.80. The second kappa shape index (κ2) is 8.41. The summed E-state index contributed by atoms with van der Waals surface area (Å²) < 4.78 is 21.9. The lowest BCUT2D eigenvalue weighted by Crippen LogP contribution is -2.10. The maximum absolute atomic E-state index is 13.2. The summed E-state index contributed by atoms with van der Waals surface area (Å²) in [4.78, 5) is 0. The second-order valence-electron chi connectivity index (χ2n) is 5.65.